The Morgan fingerprint density at radius 1 is 1.38 bits per heavy atom. The molecule has 0 bridgehead atoms. The van der Waals surface area contributed by atoms with E-state index in [1.807, 2.05) is 0 Å². The van der Waals surface area contributed by atoms with Crippen LogP contribution in [0.2, 0.25) is 0 Å². The Kier molecular flexibility index (Phi) is 3.02. The van der Waals surface area contributed by atoms with Crippen molar-refractivity contribution in [3.05, 3.63) is 0 Å². The van der Waals surface area contributed by atoms with Crippen LogP contribution in [0, 0.1) is 5.92 Å². The van der Waals surface area contributed by atoms with Gasteiger partial charge in [-0.25, -0.2) is 0 Å². The molecule has 2 rings (SSSR count). The molecule has 0 radical (unpaired) electrons. The molecular weight excluding hydrogens is 277 g/mol. The summed E-state index contributed by atoms with van der Waals surface area (Å²) in [5.41, 5.74) is 0.292. The standard InChI is InChI=1S/C10H20NO.HI/c1-10-6-8(5-9(10)12-10)7-11(2,3)4;/h8-9H,5-7H2,1-4H3;1H/q+1;/p-1/t8-,9-,10+;/m1./s1. The Morgan fingerprint density at radius 3 is 2.38 bits per heavy atom. The molecule has 0 amide bonds. The molecule has 1 saturated heterocycles. The summed E-state index contributed by atoms with van der Waals surface area (Å²) >= 11 is 0. The van der Waals surface area contributed by atoms with Crippen molar-refractivity contribution in [2.75, 3.05) is 27.7 Å². The van der Waals surface area contributed by atoms with E-state index >= 15 is 0 Å². The van der Waals surface area contributed by atoms with E-state index in [9.17, 15) is 0 Å². The molecule has 2 fully saturated rings. The Labute approximate surface area is 98.2 Å². The highest BCUT2D eigenvalue weighted by molar-refractivity contribution is 5.06. The fraction of sp³-hybridized carbons (Fsp3) is 1.00. The van der Waals surface area contributed by atoms with Gasteiger partial charge in [-0.2, -0.15) is 0 Å². The molecule has 1 saturated carbocycles. The molecule has 1 aliphatic carbocycles. The summed E-state index contributed by atoms with van der Waals surface area (Å²) in [6.07, 6.45) is 3.19. The average molecular weight is 297 g/mol. The minimum Gasteiger partial charge on any atom is -1.00 e. The van der Waals surface area contributed by atoms with Gasteiger partial charge in [0, 0.05) is 5.92 Å². The number of hydrogen-bond acceptors (Lipinski definition) is 1. The van der Waals surface area contributed by atoms with Gasteiger partial charge in [0.2, 0.25) is 0 Å². The van der Waals surface area contributed by atoms with E-state index in [0.717, 1.165) is 10.4 Å². The third-order valence-electron chi connectivity index (χ3n) is 3.08. The largest absolute Gasteiger partial charge is 1.00 e. The molecule has 78 valence electrons. The molecule has 0 spiro atoms. The van der Waals surface area contributed by atoms with Crippen molar-refractivity contribution in [3.63, 3.8) is 0 Å². The van der Waals surface area contributed by atoms with E-state index in [4.69, 9.17) is 4.74 Å². The summed E-state index contributed by atoms with van der Waals surface area (Å²) in [5, 5.41) is 0. The molecule has 0 N–H and O–H groups in total. The second-order valence-electron chi connectivity index (χ2n) is 5.70. The predicted octanol–water partition coefficient (Wildman–Crippen LogP) is -1.74. The molecule has 2 nitrogen and oxygen atoms in total. The Balaban J connectivity index is 0.000000845. The number of quaternary nitrogens is 1. The Morgan fingerprint density at radius 2 is 2.00 bits per heavy atom. The van der Waals surface area contributed by atoms with Gasteiger partial charge in [-0.05, 0) is 19.8 Å². The number of ether oxygens (including phenoxy) is 1. The zero-order valence-corrected chi connectivity index (χ0v) is 11.2. The monoisotopic (exact) mass is 297 g/mol. The molecule has 0 unspecified atom stereocenters. The smallest absolute Gasteiger partial charge is 0.0925 e. The van der Waals surface area contributed by atoms with Crippen LogP contribution in [0.4, 0.5) is 0 Å². The summed E-state index contributed by atoms with van der Waals surface area (Å²) < 4.78 is 6.67. The van der Waals surface area contributed by atoms with E-state index in [2.05, 4.69) is 28.1 Å². The highest BCUT2D eigenvalue weighted by Crippen LogP contribution is 2.52. The van der Waals surface area contributed by atoms with Gasteiger partial charge in [0.15, 0.2) is 0 Å². The first-order valence-electron chi connectivity index (χ1n) is 4.87. The van der Waals surface area contributed by atoms with Gasteiger partial charge in [0.05, 0.1) is 39.4 Å². The van der Waals surface area contributed by atoms with Crippen LogP contribution >= 0.6 is 0 Å². The minimum atomic E-state index is 0. The SMILES string of the molecule is C[C@]12C[C@H](C[N+](C)(C)C)C[C@H]1O2.[I-]. The fourth-order valence-electron chi connectivity index (χ4n) is 2.64. The number of fused-ring (bicyclic) bond motifs is 1. The van der Waals surface area contributed by atoms with Crippen molar-refractivity contribution >= 4 is 0 Å². The summed E-state index contributed by atoms with van der Waals surface area (Å²) in [5.74, 6) is 0.897. The van der Waals surface area contributed by atoms with Crippen LogP contribution in [0.5, 0.6) is 0 Å². The zero-order chi connectivity index (χ0) is 8.98. The highest BCUT2D eigenvalue weighted by atomic mass is 127. The molecule has 0 aromatic rings. The zero-order valence-electron chi connectivity index (χ0n) is 9.01. The van der Waals surface area contributed by atoms with Crippen molar-refractivity contribution in [3.8, 4) is 0 Å². The maximum Gasteiger partial charge on any atom is 0.0925 e. The summed E-state index contributed by atoms with van der Waals surface area (Å²) in [7, 11) is 6.81. The number of epoxide rings is 1. The first kappa shape index (κ1) is 11.7. The number of hydrogen-bond donors (Lipinski definition) is 0. The molecular formula is C10H20INO. The fourth-order valence-corrected chi connectivity index (χ4v) is 2.64. The van der Waals surface area contributed by atoms with Crippen molar-refractivity contribution in [2.45, 2.75) is 31.5 Å². The predicted molar refractivity (Wildman–Crippen MR) is 48.9 cm³/mol. The average Bonchev–Trinajstić information content (AvgIpc) is 2.27. The normalized spacial score (nSPS) is 42.5. The first-order valence-corrected chi connectivity index (χ1v) is 4.87. The molecule has 3 heteroatoms. The number of rotatable bonds is 2. The van der Waals surface area contributed by atoms with Crippen molar-refractivity contribution < 1.29 is 33.2 Å². The quantitative estimate of drug-likeness (QED) is 0.335. The van der Waals surface area contributed by atoms with Crippen LogP contribution < -0.4 is 24.0 Å². The number of halogens is 1. The first-order chi connectivity index (χ1) is 5.39. The third-order valence-corrected chi connectivity index (χ3v) is 3.08. The van der Waals surface area contributed by atoms with E-state index < -0.39 is 0 Å². The van der Waals surface area contributed by atoms with Crippen LogP contribution in [0.1, 0.15) is 19.8 Å². The minimum absolute atomic E-state index is 0. The second-order valence-corrected chi connectivity index (χ2v) is 5.70. The van der Waals surface area contributed by atoms with Crippen molar-refractivity contribution in [1.29, 1.82) is 0 Å². The van der Waals surface area contributed by atoms with Crippen molar-refractivity contribution in [2.24, 2.45) is 5.92 Å². The van der Waals surface area contributed by atoms with Crippen LogP contribution in [-0.2, 0) is 4.74 Å². The lowest BCUT2D eigenvalue weighted by atomic mass is 10.0. The lowest BCUT2D eigenvalue weighted by molar-refractivity contribution is -0.873. The van der Waals surface area contributed by atoms with Crippen LogP contribution in [0.3, 0.4) is 0 Å². The molecule has 2 aliphatic rings. The molecule has 3 atom stereocenters. The molecule has 13 heavy (non-hydrogen) atoms. The summed E-state index contributed by atoms with van der Waals surface area (Å²) in [4.78, 5) is 0. The van der Waals surface area contributed by atoms with Crippen LogP contribution in [0.15, 0.2) is 0 Å². The van der Waals surface area contributed by atoms with E-state index in [0.29, 0.717) is 11.7 Å². The third kappa shape index (κ3) is 2.57. The van der Waals surface area contributed by atoms with Crippen molar-refractivity contribution in [1.82, 2.24) is 0 Å². The maximum absolute atomic E-state index is 5.58. The van der Waals surface area contributed by atoms with E-state index in [1.165, 1.54) is 19.4 Å². The molecule has 1 heterocycles. The summed E-state index contributed by atoms with van der Waals surface area (Å²) in [6.45, 7) is 3.56. The second kappa shape index (κ2) is 3.35. The maximum atomic E-state index is 5.58. The van der Waals surface area contributed by atoms with Gasteiger partial charge in [-0.1, -0.05) is 0 Å². The van der Waals surface area contributed by atoms with Gasteiger partial charge in [0.25, 0.3) is 0 Å². The van der Waals surface area contributed by atoms with Gasteiger partial charge in [0.1, 0.15) is 0 Å². The lowest BCUT2D eigenvalue weighted by Gasteiger charge is -2.28. The number of nitrogens with zero attached hydrogens (tertiary/aromatic N) is 1. The van der Waals surface area contributed by atoms with Crippen LogP contribution in [0.25, 0.3) is 0 Å². The van der Waals surface area contributed by atoms with Gasteiger partial charge < -0.3 is 33.2 Å². The van der Waals surface area contributed by atoms with Gasteiger partial charge in [-0.15, -0.1) is 0 Å². The van der Waals surface area contributed by atoms with E-state index in [-0.39, 0.29) is 24.0 Å². The van der Waals surface area contributed by atoms with Gasteiger partial charge >= 0.3 is 0 Å². The Hall–Kier alpha value is 0.650. The van der Waals surface area contributed by atoms with Crippen LogP contribution in [-0.4, -0.2) is 43.9 Å². The molecule has 1 aliphatic heterocycles. The van der Waals surface area contributed by atoms with Gasteiger partial charge in [-0.3, -0.25) is 0 Å². The molecule has 0 aromatic heterocycles. The molecule has 0 aromatic carbocycles. The Bertz CT molecular complexity index is 202. The highest BCUT2D eigenvalue weighted by Gasteiger charge is 2.59. The van der Waals surface area contributed by atoms with E-state index in [1.54, 1.807) is 0 Å². The topological polar surface area (TPSA) is 12.5 Å². The summed E-state index contributed by atoms with van der Waals surface area (Å²) in [6, 6.07) is 0. The lowest BCUT2D eigenvalue weighted by Crippen LogP contribution is -3.00.